The molecular formula is C28H46O4. The third-order valence-electron chi connectivity index (χ3n) is 7.64. The zero-order valence-corrected chi connectivity index (χ0v) is 20.3. The zero-order chi connectivity index (χ0) is 22.6. The number of hydrogen-bond donors (Lipinski definition) is 1. The Kier molecular flexibility index (Phi) is 11.3. The van der Waals surface area contributed by atoms with E-state index in [0.717, 1.165) is 57.7 Å². The first-order valence-electron chi connectivity index (χ1n) is 13.4. The van der Waals surface area contributed by atoms with Crippen molar-refractivity contribution in [3.8, 4) is 0 Å². The van der Waals surface area contributed by atoms with Crippen LogP contribution in [0.1, 0.15) is 103 Å². The van der Waals surface area contributed by atoms with Gasteiger partial charge in [-0.3, -0.25) is 4.79 Å². The Morgan fingerprint density at radius 1 is 0.906 bits per heavy atom. The molecule has 0 aromatic carbocycles. The van der Waals surface area contributed by atoms with Gasteiger partial charge in [0.2, 0.25) is 0 Å². The number of carboxylic acid groups (broad SMARTS) is 1. The van der Waals surface area contributed by atoms with Crippen LogP contribution in [0.5, 0.6) is 0 Å². The minimum absolute atomic E-state index is 0.261. The molecule has 1 N–H and O–H groups in total. The Labute approximate surface area is 195 Å². The van der Waals surface area contributed by atoms with Gasteiger partial charge in [-0.1, -0.05) is 49.5 Å². The minimum atomic E-state index is -0.703. The van der Waals surface area contributed by atoms with Crippen LogP contribution in [0.2, 0.25) is 0 Å². The van der Waals surface area contributed by atoms with Gasteiger partial charge in [0.05, 0.1) is 12.2 Å². The standard InChI is InChI=1S/C28H46O4/c1-22(10-5-4-6-12-23-15-16-23)11-9-20-31-21-19-25-24(26-17-18-27(25)32-26)13-7-2-3-8-14-28(29)30/h2,7,10,23-27H,3-6,8-9,11-21H2,1H3,(H,29,30)/b7-2-,22-10+/t24-,25-,26-,27+/m1/s1. The summed E-state index contributed by atoms with van der Waals surface area (Å²) < 4.78 is 12.2. The largest absolute Gasteiger partial charge is 0.481 e. The third-order valence-corrected chi connectivity index (χ3v) is 7.64. The van der Waals surface area contributed by atoms with Crippen molar-refractivity contribution >= 4 is 5.97 Å². The lowest BCUT2D eigenvalue weighted by Gasteiger charge is -2.27. The van der Waals surface area contributed by atoms with Crippen LogP contribution in [0.4, 0.5) is 0 Å². The van der Waals surface area contributed by atoms with E-state index in [-0.39, 0.29) is 6.42 Å². The van der Waals surface area contributed by atoms with Gasteiger partial charge in [-0.2, -0.15) is 0 Å². The quantitative estimate of drug-likeness (QED) is 0.180. The molecule has 182 valence electrons. The fraction of sp³-hybridized carbons (Fsp3) is 0.821. The number of carboxylic acids is 1. The van der Waals surface area contributed by atoms with Crippen molar-refractivity contribution < 1.29 is 19.4 Å². The molecule has 0 aromatic heterocycles. The average molecular weight is 447 g/mol. The SMILES string of the molecule is C/C(=C\CCCCC1CC1)CCCOCC[C@@H]1[C@@H](C/C=C\CCCC(=O)O)[C@H]2CC[C@@H]1O2. The molecule has 2 heterocycles. The normalized spacial score (nSPS) is 27.6. The van der Waals surface area contributed by atoms with Gasteiger partial charge in [0.25, 0.3) is 0 Å². The molecule has 3 fully saturated rings. The summed E-state index contributed by atoms with van der Waals surface area (Å²) in [4.78, 5) is 10.6. The van der Waals surface area contributed by atoms with Crippen molar-refractivity contribution in [3.05, 3.63) is 23.8 Å². The Morgan fingerprint density at radius 3 is 2.50 bits per heavy atom. The second-order valence-corrected chi connectivity index (χ2v) is 10.4. The fourth-order valence-electron chi connectivity index (χ4n) is 5.55. The summed E-state index contributed by atoms with van der Waals surface area (Å²) in [7, 11) is 0. The van der Waals surface area contributed by atoms with Gasteiger partial charge in [-0.05, 0) is 88.9 Å². The molecule has 3 aliphatic rings. The Hall–Kier alpha value is -1.13. The molecular weight excluding hydrogens is 400 g/mol. The predicted octanol–water partition coefficient (Wildman–Crippen LogP) is 7.08. The van der Waals surface area contributed by atoms with E-state index < -0.39 is 5.97 Å². The molecule has 0 radical (unpaired) electrons. The van der Waals surface area contributed by atoms with E-state index >= 15 is 0 Å². The molecule has 2 bridgehead atoms. The van der Waals surface area contributed by atoms with Gasteiger partial charge in [0.15, 0.2) is 0 Å². The van der Waals surface area contributed by atoms with Gasteiger partial charge in [0.1, 0.15) is 0 Å². The van der Waals surface area contributed by atoms with Crippen molar-refractivity contribution in [2.75, 3.05) is 13.2 Å². The van der Waals surface area contributed by atoms with Crippen LogP contribution in [0, 0.1) is 17.8 Å². The highest BCUT2D eigenvalue weighted by Crippen LogP contribution is 2.46. The molecule has 0 spiro atoms. The summed E-state index contributed by atoms with van der Waals surface area (Å²) in [5, 5.41) is 8.73. The van der Waals surface area contributed by atoms with Crippen LogP contribution >= 0.6 is 0 Å². The molecule has 1 aliphatic carbocycles. The fourth-order valence-corrected chi connectivity index (χ4v) is 5.55. The van der Waals surface area contributed by atoms with Crippen molar-refractivity contribution in [1.29, 1.82) is 0 Å². The maximum Gasteiger partial charge on any atom is 0.303 e. The Balaban J connectivity index is 1.22. The number of allylic oxidation sites excluding steroid dienone is 4. The van der Waals surface area contributed by atoms with E-state index in [1.165, 1.54) is 56.9 Å². The molecule has 0 amide bonds. The predicted molar refractivity (Wildman–Crippen MR) is 130 cm³/mol. The van der Waals surface area contributed by atoms with Crippen molar-refractivity contribution in [1.82, 2.24) is 0 Å². The molecule has 4 heteroatoms. The van der Waals surface area contributed by atoms with Crippen LogP contribution in [-0.4, -0.2) is 36.5 Å². The van der Waals surface area contributed by atoms with E-state index in [2.05, 4.69) is 25.2 Å². The lowest BCUT2D eigenvalue weighted by Crippen LogP contribution is -2.28. The highest BCUT2D eigenvalue weighted by atomic mass is 16.5. The van der Waals surface area contributed by atoms with Gasteiger partial charge in [0, 0.05) is 19.6 Å². The van der Waals surface area contributed by atoms with Gasteiger partial charge >= 0.3 is 5.97 Å². The number of hydrogen-bond acceptors (Lipinski definition) is 3. The lowest BCUT2D eigenvalue weighted by molar-refractivity contribution is -0.137. The third kappa shape index (κ3) is 9.39. The first-order valence-corrected chi connectivity index (χ1v) is 13.4. The van der Waals surface area contributed by atoms with Crippen LogP contribution < -0.4 is 0 Å². The maximum atomic E-state index is 10.6. The smallest absolute Gasteiger partial charge is 0.303 e. The highest BCUT2D eigenvalue weighted by molar-refractivity contribution is 5.66. The number of ether oxygens (including phenoxy) is 2. The Bertz CT molecular complexity index is 607. The van der Waals surface area contributed by atoms with Crippen LogP contribution in [0.3, 0.4) is 0 Å². The molecule has 1 saturated carbocycles. The van der Waals surface area contributed by atoms with Gasteiger partial charge in [-0.15, -0.1) is 0 Å². The summed E-state index contributed by atoms with van der Waals surface area (Å²) in [6.45, 7) is 3.98. The van der Waals surface area contributed by atoms with Crippen molar-refractivity contribution in [2.45, 2.75) is 115 Å². The van der Waals surface area contributed by atoms with Gasteiger partial charge < -0.3 is 14.6 Å². The van der Waals surface area contributed by atoms with E-state index in [0.29, 0.717) is 24.0 Å². The second kappa shape index (κ2) is 14.2. The van der Waals surface area contributed by atoms with Crippen molar-refractivity contribution in [2.24, 2.45) is 17.8 Å². The average Bonchev–Trinajstić information content (AvgIpc) is 3.38. The summed E-state index contributed by atoms with van der Waals surface area (Å²) in [6, 6.07) is 0. The molecule has 2 saturated heterocycles. The van der Waals surface area contributed by atoms with E-state index in [9.17, 15) is 4.79 Å². The van der Waals surface area contributed by atoms with E-state index in [1.54, 1.807) is 0 Å². The zero-order valence-electron chi connectivity index (χ0n) is 20.3. The summed E-state index contributed by atoms with van der Waals surface area (Å²) in [6.07, 6.45) is 24.9. The topological polar surface area (TPSA) is 55.8 Å². The number of fused-ring (bicyclic) bond motifs is 2. The van der Waals surface area contributed by atoms with Crippen molar-refractivity contribution in [3.63, 3.8) is 0 Å². The van der Waals surface area contributed by atoms with E-state index in [1.807, 2.05) is 0 Å². The number of aliphatic carboxylic acids is 1. The lowest BCUT2D eigenvalue weighted by atomic mass is 9.76. The van der Waals surface area contributed by atoms with Gasteiger partial charge in [-0.25, -0.2) is 0 Å². The molecule has 4 atom stereocenters. The summed E-state index contributed by atoms with van der Waals surface area (Å²) >= 11 is 0. The molecule has 4 nitrogen and oxygen atoms in total. The molecule has 2 aliphatic heterocycles. The second-order valence-electron chi connectivity index (χ2n) is 10.4. The number of unbranched alkanes of at least 4 members (excludes halogenated alkanes) is 3. The molecule has 0 unspecified atom stereocenters. The molecule has 0 aromatic rings. The number of rotatable bonds is 18. The van der Waals surface area contributed by atoms with Crippen LogP contribution in [0.15, 0.2) is 23.8 Å². The maximum absolute atomic E-state index is 10.6. The van der Waals surface area contributed by atoms with Crippen LogP contribution in [0.25, 0.3) is 0 Å². The summed E-state index contributed by atoms with van der Waals surface area (Å²) in [5.74, 6) is 1.60. The van der Waals surface area contributed by atoms with Crippen LogP contribution in [-0.2, 0) is 14.3 Å². The first kappa shape index (κ1) is 25.5. The molecule has 3 rings (SSSR count). The minimum Gasteiger partial charge on any atom is -0.481 e. The highest BCUT2D eigenvalue weighted by Gasteiger charge is 2.47. The first-order chi connectivity index (χ1) is 15.6. The van der Waals surface area contributed by atoms with E-state index in [4.69, 9.17) is 14.6 Å². The molecule has 32 heavy (non-hydrogen) atoms. The monoisotopic (exact) mass is 446 g/mol. The Morgan fingerprint density at radius 2 is 1.72 bits per heavy atom. The number of carbonyl (C=O) groups is 1. The summed E-state index contributed by atoms with van der Waals surface area (Å²) in [5.41, 5.74) is 1.52.